The van der Waals surface area contributed by atoms with Crippen molar-refractivity contribution in [3.8, 4) is 5.69 Å². The SMILES string of the molecule is COCc1c(C(=O)O)nnn1-c1ccc(C)cc1. The van der Waals surface area contributed by atoms with E-state index in [9.17, 15) is 4.79 Å². The number of hydrogen-bond donors (Lipinski definition) is 1. The van der Waals surface area contributed by atoms with Gasteiger partial charge in [0, 0.05) is 7.11 Å². The first kappa shape index (κ1) is 12.3. The lowest BCUT2D eigenvalue weighted by molar-refractivity contribution is 0.0685. The van der Waals surface area contributed by atoms with Gasteiger partial charge >= 0.3 is 5.97 Å². The Bertz CT molecular complexity index is 560. The van der Waals surface area contributed by atoms with Gasteiger partial charge in [0.1, 0.15) is 5.69 Å². The number of aromatic carboxylic acids is 1. The molecule has 0 spiro atoms. The smallest absolute Gasteiger partial charge is 0.358 e. The van der Waals surface area contributed by atoms with Crippen LogP contribution in [-0.2, 0) is 11.3 Å². The van der Waals surface area contributed by atoms with Crippen LogP contribution in [0.5, 0.6) is 0 Å². The van der Waals surface area contributed by atoms with E-state index in [-0.39, 0.29) is 12.3 Å². The highest BCUT2D eigenvalue weighted by Crippen LogP contribution is 2.14. The fourth-order valence-corrected chi connectivity index (χ4v) is 1.63. The van der Waals surface area contributed by atoms with Crippen molar-refractivity contribution in [2.45, 2.75) is 13.5 Å². The average Bonchev–Trinajstić information content (AvgIpc) is 2.74. The highest BCUT2D eigenvalue weighted by atomic mass is 16.5. The molecule has 0 fully saturated rings. The molecule has 2 rings (SSSR count). The van der Waals surface area contributed by atoms with E-state index in [2.05, 4.69) is 10.3 Å². The first-order valence-corrected chi connectivity index (χ1v) is 5.37. The Labute approximate surface area is 104 Å². The van der Waals surface area contributed by atoms with Crippen LogP contribution >= 0.6 is 0 Å². The summed E-state index contributed by atoms with van der Waals surface area (Å²) in [7, 11) is 1.50. The average molecular weight is 247 g/mol. The summed E-state index contributed by atoms with van der Waals surface area (Å²) in [6, 6.07) is 7.56. The van der Waals surface area contributed by atoms with Gasteiger partial charge in [-0.3, -0.25) is 0 Å². The minimum atomic E-state index is -1.11. The molecule has 1 heterocycles. The molecule has 0 aliphatic rings. The number of methoxy groups -OCH3 is 1. The number of carboxylic acids is 1. The van der Waals surface area contributed by atoms with Crippen LogP contribution in [0.25, 0.3) is 5.69 Å². The van der Waals surface area contributed by atoms with E-state index < -0.39 is 5.97 Å². The van der Waals surface area contributed by atoms with Gasteiger partial charge in [-0.2, -0.15) is 0 Å². The molecular formula is C12H13N3O3. The molecule has 1 aromatic carbocycles. The Balaban J connectivity index is 2.50. The van der Waals surface area contributed by atoms with Crippen LogP contribution in [-0.4, -0.2) is 33.2 Å². The fraction of sp³-hybridized carbons (Fsp3) is 0.250. The van der Waals surface area contributed by atoms with E-state index in [1.807, 2.05) is 31.2 Å². The maximum Gasteiger partial charge on any atom is 0.358 e. The normalized spacial score (nSPS) is 10.6. The Morgan fingerprint density at radius 1 is 1.39 bits per heavy atom. The lowest BCUT2D eigenvalue weighted by Crippen LogP contribution is -2.07. The minimum Gasteiger partial charge on any atom is -0.476 e. The first-order chi connectivity index (χ1) is 8.63. The first-order valence-electron chi connectivity index (χ1n) is 5.37. The molecule has 1 N–H and O–H groups in total. The van der Waals surface area contributed by atoms with E-state index in [4.69, 9.17) is 9.84 Å². The summed E-state index contributed by atoms with van der Waals surface area (Å²) in [4.78, 5) is 11.0. The standard InChI is InChI=1S/C12H13N3O3/c1-8-3-5-9(6-4-8)15-10(7-18-2)11(12(16)17)13-14-15/h3-6H,7H2,1-2H3,(H,16,17). The minimum absolute atomic E-state index is 0.0857. The summed E-state index contributed by atoms with van der Waals surface area (Å²) in [6.45, 7) is 2.12. The summed E-state index contributed by atoms with van der Waals surface area (Å²) in [5.41, 5.74) is 2.21. The zero-order chi connectivity index (χ0) is 13.1. The van der Waals surface area contributed by atoms with Crippen LogP contribution in [0.2, 0.25) is 0 Å². The van der Waals surface area contributed by atoms with E-state index in [0.29, 0.717) is 5.69 Å². The molecule has 94 valence electrons. The van der Waals surface area contributed by atoms with Gasteiger partial charge in [0.25, 0.3) is 0 Å². The monoisotopic (exact) mass is 247 g/mol. The van der Waals surface area contributed by atoms with E-state index in [1.54, 1.807) is 0 Å². The predicted molar refractivity (Wildman–Crippen MR) is 63.8 cm³/mol. The summed E-state index contributed by atoms with van der Waals surface area (Å²) >= 11 is 0. The van der Waals surface area contributed by atoms with Gasteiger partial charge in [-0.25, -0.2) is 9.48 Å². The summed E-state index contributed by atoms with van der Waals surface area (Å²) in [5.74, 6) is -1.11. The molecule has 0 atom stereocenters. The second-order valence-electron chi connectivity index (χ2n) is 3.87. The Hall–Kier alpha value is -2.21. The number of rotatable bonds is 4. The summed E-state index contributed by atoms with van der Waals surface area (Å²) in [5, 5.41) is 16.6. The maximum atomic E-state index is 11.0. The lowest BCUT2D eigenvalue weighted by Gasteiger charge is -2.06. The van der Waals surface area contributed by atoms with E-state index >= 15 is 0 Å². The number of carboxylic acid groups (broad SMARTS) is 1. The maximum absolute atomic E-state index is 11.0. The lowest BCUT2D eigenvalue weighted by atomic mass is 10.2. The van der Waals surface area contributed by atoms with E-state index in [1.165, 1.54) is 11.8 Å². The second-order valence-corrected chi connectivity index (χ2v) is 3.87. The largest absolute Gasteiger partial charge is 0.476 e. The van der Waals surface area contributed by atoms with Crippen molar-refractivity contribution in [3.05, 3.63) is 41.2 Å². The molecule has 0 saturated heterocycles. The third-order valence-electron chi connectivity index (χ3n) is 2.53. The summed E-state index contributed by atoms with van der Waals surface area (Å²) < 4.78 is 6.48. The predicted octanol–water partition coefficient (Wildman–Crippen LogP) is 1.42. The molecule has 0 aliphatic heterocycles. The van der Waals surface area contributed by atoms with Crippen LogP contribution in [0.4, 0.5) is 0 Å². The molecular weight excluding hydrogens is 234 g/mol. The van der Waals surface area contributed by atoms with Gasteiger partial charge in [0.2, 0.25) is 0 Å². The van der Waals surface area contributed by atoms with Crippen molar-refractivity contribution >= 4 is 5.97 Å². The third kappa shape index (κ3) is 2.23. The number of ether oxygens (including phenoxy) is 1. The number of aryl methyl sites for hydroxylation is 1. The Kier molecular flexibility index (Phi) is 3.38. The Morgan fingerprint density at radius 2 is 2.06 bits per heavy atom. The van der Waals surface area contributed by atoms with Crippen molar-refractivity contribution in [2.24, 2.45) is 0 Å². The Morgan fingerprint density at radius 3 is 2.61 bits per heavy atom. The van der Waals surface area contributed by atoms with Gasteiger partial charge in [-0.05, 0) is 19.1 Å². The van der Waals surface area contributed by atoms with Crippen LogP contribution in [0, 0.1) is 6.92 Å². The molecule has 0 unspecified atom stereocenters. The molecule has 6 nitrogen and oxygen atoms in total. The second kappa shape index (κ2) is 4.97. The summed E-state index contributed by atoms with van der Waals surface area (Å²) in [6.07, 6.45) is 0. The molecule has 0 radical (unpaired) electrons. The van der Waals surface area contributed by atoms with Crippen LogP contribution in [0.3, 0.4) is 0 Å². The zero-order valence-electron chi connectivity index (χ0n) is 10.1. The molecule has 2 aromatic rings. The number of carbonyl (C=O) groups is 1. The highest BCUT2D eigenvalue weighted by molar-refractivity contribution is 5.86. The third-order valence-corrected chi connectivity index (χ3v) is 2.53. The van der Waals surface area contributed by atoms with Crippen molar-refractivity contribution < 1.29 is 14.6 Å². The quantitative estimate of drug-likeness (QED) is 0.884. The molecule has 18 heavy (non-hydrogen) atoms. The van der Waals surface area contributed by atoms with Gasteiger partial charge in [0.15, 0.2) is 5.69 Å². The van der Waals surface area contributed by atoms with Crippen LogP contribution < -0.4 is 0 Å². The fourth-order valence-electron chi connectivity index (χ4n) is 1.63. The van der Waals surface area contributed by atoms with Gasteiger partial charge in [-0.15, -0.1) is 5.10 Å². The molecule has 6 heteroatoms. The zero-order valence-corrected chi connectivity index (χ0v) is 10.1. The van der Waals surface area contributed by atoms with Crippen molar-refractivity contribution in [1.29, 1.82) is 0 Å². The molecule has 0 aliphatic carbocycles. The van der Waals surface area contributed by atoms with Gasteiger partial charge in [-0.1, -0.05) is 22.9 Å². The molecule has 1 aromatic heterocycles. The number of aromatic nitrogens is 3. The van der Waals surface area contributed by atoms with Crippen molar-refractivity contribution in [2.75, 3.05) is 7.11 Å². The topological polar surface area (TPSA) is 77.2 Å². The highest BCUT2D eigenvalue weighted by Gasteiger charge is 2.19. The van der Waals surface area contributed by atoms with Crippen LogP contribution in [0.15, 0.2) is 24.3 Å². The van der Waals surface area contributed by atoms with Gasteiger partial charge < -0.3 is 9.84 Å². The van der Waals surface area contributed by atoms with E-state index in [0.717, 1.165) is 11.3 Å². The van der Waals surface area contributed by atoms with Crippen LogP contribution in [0.1, 0.15) is 21.7 Å². The molecule has 0 saturated carbocycles. The van der Waals surface area contributed by atoms with Crippen molar-refractivity contribution in [1.82, 2.24) is 15.0 Å². The number of benzene rings is 1. The number of nitrogens with zero attached hydrogens (tertiary/aromatic N) is 3. The molecule has 0 amide bonds. The molecule has 0 bridgehead atoms. The van der Waals surface area contributed by atoms with Gasteiger partial charge in [0.05, 0.1) is 12.3 Å². The number of hydrogen-bond acceptors (Lipinski definition) is 4. The van der Waals surface area contributed by atoms with Crippen molar-refractivity contribution in [3.63, 3.8) is 0 Å².